The number of hydrogen-bond donors (Lipinski definition) is 4. The number of aliphatic hydroxyl groups is 1. The number of rotatable bonds is 6. The van der Waals surface area contributed by atoms with Gasteiger partial charge in [0.2, 0.25) is 17.8 Å². The predicted molar refractivity (Wildman–Crippen MR) is 137 cm³/mol. The van der Waals surface area contributed by atoms with Crippen LogP contribution in [-0.4, -0.2) is 42.7 Å². The molecule has 0 aliphatic heterocycles. The second-order valence-electron chi connectivity index (χ2n) is 9.65. The van der Waals surface area contributed by atoms with E-state index in [0.717, 1.165) is 19.3 Å². The Bertz CT molecular complexity index is 1260. The molecule has 2 heterocycles. The van der Waals surface area contributed by atoms with E-state index in [-0.39, 0.29) is 40.1 Å². The fourth-order valence-corrected chi connectivity index (χ4v) is 5.82. The second kappa shape index (κ2) is 10.4. The van der Waals surface area contributed by atoms with Crippen molar-refractivity contribution < 1.29 is 14.3 Å². The highest BCUT2D eigenvalue weighted by Crippen LogP contribution is 2.39. The molecule has 2 aliphatic carbocycles. The molecule has 0 bridgehead atoms. The number of fused-ring (bicyclic) bond motifs is 1. The van der Waals surface area contributed by atoms with Crippen LogP contribution in [0.3, 0.4) is 0 Å². The first-order valence-electron chi connectivity index (χ1n) is 12.2. The van der Waals surface area contributed by atoms with Gasteiger partial charge in [0.25, 0.3) is 0 Å². The minimum atomic E-state index is -0.539. The molecule has 2 aromatic heterocycles. The maximum atomic E-state index is 13.8. The lowest BCUT2D eigenvalue weighted by molar-refractivity contribution is -0.122. The van der Waals surface area contributed by atoms with Crippen LogP contribution in [0.2, 0.25) is 10.0 Å². The summed E-state index contributed by atoms with van der Waals surface area (Å²) >= 11 is 12.6. The molecule has 36 heavy (non-hydrogen) atoms. The molecular formula is C24H28Cl2FN7O2. The molecule has 2 aliphatic rings. The first kappa shape index (κ1) is 25.0. The summed E-state index contributed by atoms with van der Waals surface area (Å²) in [6, 6.07) is 2.44. The van der Waals surface area contributed by atoms with Crippen molar-refractivity contribution in [2.24, 2.45) is 11.7 Å². The van der Waals surface area contributed by atoms with Crippen LogP contribution in [0, 0.1) is 11.7 Å². The third-order valence-electron chi connectivity index (χ3n) is 7.12. The maximum absolute atomic E-state index is 13.8. The molecule has 2 atom stereocenters. The van der Waals surface area contributed by atoms with Crippen LogP contribution in [0.1, 0.15) is 57.4 Å². The minimum Gasteiger partial charge on any atom is -0.393 e. The van der Waals surface area contributed by atoms with Crippen molar-refractivity contribution in [1.29, 1.82) is 0 Å². The van der Waals surface area contributed by atoms with E-state index in [1.807, 2.05) is 4.57 Å². The number of aliphatic hydroxyl groups excluding tert-OH is 1. The van der Waals surface area contributed by atoms with Gasteiger partial charge in [0.05, 0.1) is 28.0 Å². The van der Waals surface area contributed by atoms with Crippen molar-refractivity contribution in [3.05, 3.63) is 34.2 Å². The molecule has 9 nitrogen and oxygen atoms in total. The molecule has 192 valence electrons. The van der Waals surface area contributed by atoms with E-state index < -0.39 is 5.82 Å². The van der Waals surface area contributed by atoms with E-state index >= 15 is 0 Å². The fourth-order valence-electron chi connectivity index (χ4n) is 5.26. The Morgan fingerprint density at radius 1 is 1.11 bits per heavy atom. The summed E-state index contributed by atoms with van der Waals surface area (Å²) in [5.74, 6) is -0.0719. The number of primary amides is 1. The number of imidazole rings is 1. The lowest BCUT2D eigenvalue weighted by Gasteiger charge is -2.29. The van der Waals surface area contributed by atoms with Gasteiger partial charge < -0.3 is 21.5 Å². The molecule has 2 fully saturated rings. The van der Waals surface area contributed by atoms with Crippen molar-refractivity contribution in [2.75, 3.05) is 10.6 Å². The second-order valence-corrected chi connectivity index (χ2v) is 10.5. The first-order valence-corrected chi connectivity index (χ1v) is 12.9. The summed E-state index contributed by atoms with van der Waals surface area (Å²) in [5.41, 5.74) is 7.06. The zero-order chi connectivity index (χ0) is 25.4. The smallest absolute Gasteiger partial charge is 0.224 e. The zero-order valence-corrected chi connectivity index (χ0v) is 21.1. The molecule has 12 heteroatoms. The van der Waals surface area contributed by atoms with E-state index in [4.69, 9.17) is 38.9 Å². The average Bonchev–Trinajstić information content (AvgIpc) is 3.18. The maximum Gasteiger partial charge on any atom is 0.224 e. The number of halogens is 3. The molecule has 5 rings (SSSR count). The van der Waals surface area contributed by atoms with Crippen LogP contribution in [0.15, 0.2) is 18.3 Å². The molecule has 1 unspecified atom stereocenters. The SMILES string of the molecule is NC(=O)C1CCC(n2c(Nc3c(Cl)cc(F)cc3Cl)nc3cnc(N[C@@H]4CCCC(O)C4)nc32)CC1. The lowest BCUT2D eigenvalue weighted by atomic mass is 9.85. The highest BCUT2D eigenvalue weighted by molar-refractivity contribution is 6.39. The molecule has 0 spiro atoms. The molecule has 1 amide bonds. The standard InChI is InChI=1S/C24H28Cl2FN7O2/c25-17-8-13(27)9-18(26)20(17)32-24-31-19-11-29-23(30-14-2-1-3-16(35)10-14)33-22(19)34(24)15-6-4-12(5-7-15)21(28)36/h8-9,11-12,14-16,35H,1-7,10H2,(H2,28,36)(H,31,32)(H,29,30,33)/t12?,14-,15?,16?/m1/s1. The van der Waals surface area contributed by atoms with Gasteiger partial charge in [0.15, 0.2) is 5.65 Å². The van der Waals surface area contributed by atoms with Gasteiger partial charge in [-0.2, -0.15) is 4.98 Å². The highest BCUT2D eigenvalue weighted by Gasteiger charge is 2.30. The third-order valence-corrected chi connectivity index (χ3v) is 7.72. The van der Waals surface area contributed by atoms with Gasteiger partial charge in [-0.1, -0.05) is 23.2 Å². The molecule has 0 saturated heterocycles. The van der Waals surface area contributed by atoms with Crippen molar-refractivity contribution >= 4 is 57.9 Å². The molecule has 2 saturated carbocycles. The van der Waals surface area contributed by atoms with Crippen LogP contribution < -0.4 is 16.4 Å². The summed E-state index contributed by atoms with van der Waals surface area (Å²) in [6.07, 6.45) is 7.38. The summed E-state index contributed by atoms with van der Waals surface area (Å²) < 4.78 is 15.7. The number of nitrogens with one attached hydrogen (secondary N) is 2. The van der Waals surface area contributed by atoms with Crippen molar-refractivity contribution in [3.63, 3.8) is 0 Å². The molecule has 5 N–H and O–H groups in total. The Morgan fingerprint density at radius 2 is 1.83 bits per heavy atom. The predicted octanol–water partition coefficient (Wildman–Crippen LogP) is 4.95. The van der Waals surface area contributed by atoms with Crippen molar-refractivity contribution in [2.45, 2.75) is 69.6 Å². The first-order chi connectivity index (χ1) is 17.3. The third kappa shape index (κ3) is 5.21. The topological polar surface area (TPSA) is 131 Å². The van der Waals surface area contributed by atoms with Crippen LogP contribution in [0.5, 0.6) is 0 Å². The number of nitrogens with zero attached hydrogens (tertiary/aromatic N) is 4. The monoisotopic (exact) mass is 535 g/mol. The van der Waals surface area contributed by atoms with Gasteiger partial charge in [-0.05, 0) is 63.5 Å². The van der Waals surface area contributed by atoms with Crippen molar-refractivity contribution in [1.82, 2.24) is 19.5 Å². The Balaban J connectivity index is 1.51. The van der Waals surface area contributed by atoms with Gasteiger partial charge in [-0.25, -0.2) is 14.4 Å². The van der Waals surface area contributed by atoms with Crippen molar-refractivity contribution in [3.8, 4) is 0 Å². The Hall–Kier alpha value is -2.69. The number of carbonyl (C=O) groups excluding carboxylic acids is 1. The highest BCUT2D eigenvalue weighted by atomic mass is 35.5. The van der Waals surface area contributed by atoms with Gasteiger partial charge in [0, 0.05) is 18.0 Å². The number of hydrogen-bond acceptors (Lipinski definition) is 7. The molecule has 3 aromatic rings. The summed E-state index contributed by atoms with van der Waals surface area (Å²) in [4.78, 5) is 25.6. The lowest BCUT2D eigenvalue weighted by Crippen LogP contribution is -2.30. The summed E-state index contributed by atoms with van der Waals surface area (Å²) in [6.45, 7) is 0. The fraction of sp³-hybridized carbons (Fsp3) is 0.500. The van der Waals surface area contributed by atoms with Crippen LogP contribution >= 0.6 is 23.2 Å². The number of aromatic nitrogens is 4. The number of amides is 1. The van der Waals surface area contributed by atoms with Gasteiger partial charge in [0.1, 0.15) is 11.3 Å². The van der Waals surface area contributed by atoms with E-state index in [9.17, 15) is 14.3 Å². The Morgan fingerprint density at radius 3 is 2.50 bits per heavy atom. The minimum absolute atomic E-state index is 0.00893. The van der Waals surface area contributed by atoms with E-state index in [2.05, 4.69) is 15.6 Å². The van der Waals surface area contributed by atoms with Crippen LogP contribution in [-0.2, 0) is 4.79 Å². The number of carbonyl (C=O) groups is 1. The Labute approximate surface area is 217 Å². The zero-order valence-electron chi connectivity index (χ0n) is 19.6. The van der Waals surface area contributed by atoms with Gasteiger partial charge in [-0.3, -0.25) is 9.36 Å². The van der Waals surface area contributed by atoms with E-state index in [1.54, 1.807) is 6.20 Å². The van der Waals surface area contributed by atoms with E-state index in [1.165, 1.54) is 12.1 Å². The number of benzene rings is 1. The Kier molecular flexibility index (Phi) is 7.18. The molecule has 0 radical (unpaired) electrons. The van der Waals surface area contributed by atoms with Crippen LogP contribution in [0.25, 0.3) is 11.2 Å². The molecular weight excluding hydrogens is 508 g/mol. The summed E-state index contributed by atoms with van der Waals surface area (Å²) in [5, 5.41) is 16.8. The van der Waals surface area contributed by atoms with E-state index in [0.29, 0.717) is 60.9 Å². The number of anilines is 3. The largest absolute Gasteiger partial charge is 0.393 e. The molecule has 1 aromatic carbocycles. The summed E-state index contributed by atoms with van der Waals surface area (Å²) in [7, 11) is 0. The normalized spacial score (nSPS) is 24.6. The van der Waals surface area contributed by atoms with Gasteiger partial charge >= 0.3 is 0 Å². The van der Waals surface area contributed by atoms with Gasteiger partial charge in [-0.15, -0.1) is 0 Å². The van der Waals surface area contributed by atoms with Crippen LogP contribution in [0.4, 0.5) is 22.0 Å². The quantitative estimate of drug-likeness (QED) is 0.351. The number of nitrogens with two attached hydrogens (primary N) is 1. The average molecular weight is 536 g/mol.